The second-order valence-electron chi connectivity index (χ2n) is 6.07. The number of rotatable bonds is 10. The number of carbonyl (C=O) groups is 2. The zero-order chi connectivity index (χ0) is 16.2. The minimum Gasteiger partial charge on any atom is -0.550 e. The summed E-state index contributed by atoms with van der Waals surface area (Å²) in [5, 5.41) is 11.1. The summed E-state index contributed by atoms with van der Waals surface area (Å²) in [5.41, 5.74) is 0. The van der Waals surface area contributed by atoms with Gasteiger partial charge in [0.25, 0.3) is 0 Å². The van der Waals surface area contributed by atoms with Gasteiger partial charge in [0.2, 0.25) is 0 Å². The van der Waals surface area contributed by atoms with E-state index in [9.17, 15) is 14.7 Å². The fourth-order valence-electron chi connectivity index (χ4n) is 2.98. The number of carboxylic acid groups (broad SMARTS) is 1. The van der Waals surface area contributed by atoms with Gasteiger partial charge in [0.05, 0.1) is 12.5 Å². The van der Waals surface area contributed by atoms with Crippen LogP contribution in [0, 0.1) is 11.8 Å². The molecule has 0 N–H and O–H groups in total. The van der Waals surface area contributed by atoms with Crippen molar-refractivity contribution in [2.75, 3.05) is 6.61 Å². The van der Waals surface area contributed by atoms with Crippen molar-refractivity contribution in [1.82, 2.24) is 0 Å². The van der Waals surface area contributed by atoms with Crippen molar-refractivity contribution in [3.63, 3.8) is 0 Å². The van der Waals surface area contributed by atoms with Crippen molar-refractivity contribution in [3.8, 4) is 0 Å². The first-order valence-electron chi connectivity index (χ1n) is 8.69. The molecule has 23 heavy (non-hydrogen) atoms. The molecule has 0 bridgehead atoms. The van der Waals surface area contributed by atoms with E-state index in [4.69, 9.17) is 4.74 Å². The first-order valence-corrected chi connectivity index (χ1v) is 8.69. The van der Waals surface area contributed by atoms with E-state index >= 15 is 0 Å². The molecule has 0 aromatic rings. The monoisotopic (exact) mass is 332 g/mol. The van der Waals surface area contributed by atoms with E-state index in [1.54, 1.807) is 0 Å². The Balaban J connectivity index is 0.00000484. The van der Waals surface area contributed by atoms with Crippen LogP contribution >= 0.6 is 0 Å². The van der Waals surface area contributed by atoms with Crippen molar-refractivity contribution >= 4 is 11.9 Å². The maximum atomic E-state index is 12.0. The molecule has 1 saturated carbocycles. The number of carbonyl (C=O) groups excluding carboxylic acids is 2. The smallest absolute Gasteiger partial charge is 0.550 e. The average Bonchev–Trinajstić information content (AvgIpc) is 2.53. The maximum absolute atomic E-state index is 12.0. The Hall–Kier alpha value is -0.320. The van der Waals surface area contributed by atoms with E-state index in [2.05, 4.69) is 19.1 Å². The molecule has 4 nitrogen and oxygen atoms in total. The van der Waals surface area contributed by atoms with Crippen LogP contribution in [-0.2, 0) is 14.3 Å². The average molecular weight is 332 g/mol. The number of hydrogen-bond donors (Lipinski definition) is 0. The minimum atomic E-state index is -1.11. The number of allylic oxidation sites excluding steroid dienone is 2. The van der Waals surface area contributed by atoms with Crippen LogP contribution in [0.4, 0.5) is 0 Å². The molecule has 1 aliphatic rings. The molecule has 0 saturated heterocycles. The third-order valence-electron chi connectivity index (χ3n) is 4.28. The molecule has 0 aromatic carbocycles. The number of esters is 1. The first-order chi connectivity index (χ1) is 10.7. The van der Waals surface area contributed by atoms with Crippen LogP contribution in [0.3, 0.4) is 0 Å². The molecule has 0 radical (unpaired) electrons. The van der Waals surface area contributed by atoms with Gasteiger partial charge in [0, 0.05) is 11.9 Å². The van der Waals surface area contributed by atoms with Gasteiger partial charge in [-0.05, 0) is 38.5 Å². The number of carboxylic acids is 1. The number of ether oxygens (including phenoxy) is 1. The fraction of sp³-hybridized carbons (Fsp3) is 0.778. The summed E-state index contributed by atoms with van der Waals surface area (Å²) in [5.74, 6) is -2.62. The van der Waals surface area contributed by atoms with Gasteiger partial charge in [-0.25, -0.2) is 0 Å². The van der Waals surface area contributed by atoms with Crippen LogP contribution in [0.1, 0.15) is 71.1 Å². The summed E-state index contributed by atoms with van der Waals surface area (Å²) in [4.78, 5) is 23.1. The molecule has 126 valence electrons. The van der Waals surface area contributed by atoms with E-state index in [1.807, 2.05) is 0 Å². The molecular weight excluding hydrogens is 303 g/mol. The fourth-order valence-corrected chi connectivity index (χ4v) is 2.98. The zero-order valence-electron chi connectivity index (χ0n) is 14.7. The number of hydrogen-bond acceptors (Lipinski definition) is 4. The third kappa shape index (κ3) is 9.53. The van der Waals surface area contributed by atoms with E-state index in [1.165, 1.54) is 6.42 Å². The van der Waals surface area contributed by atoms with Crippen molar-refractivity contribution in [1.29, 1.82) is 0 Å². The minimum absolute atomic E-state index is 0. The van der Waals surface area contributed by atoms with Crippen LogP contribution in [0.25, 0.3) is 0 Å². The number of aliphatic carboxylic acids is 1. The van der Waals surface area contributed by atoms with Crippen molar-refractivity contribution < 1.29 is 49.0 Å². The predicted octanol–water partition coefficient (Wildman–Crippen LogP) is 0.00660. The van der Waals surface area contributed by atoms with Gasteiger partial charge in [-0.2, -0.15) is 0 Å². The SMILES string of the molecule is CC/C=C/CCCCCCOC(=O)C1CCCCC1C(=O)[O-].[Na+]. The zero-order valence-corrected chi connectivity index (χ0v) is 16.7. The maximum Gasteiger partial charge on any atom is 1.00 e. The molecule has 5 heteroatoms. The van der Waals surface area contributed by atoms with Crippen LogP contribution in [-0.4, -0.2) is 18.5 Å². The predicted molar refractivity (Wildman–Crippen MR) is 83.9 cm³/mol. The van der Waals surface area contributed by atoms with Gasteiger partial charge in [0.15, 0.2) is 0 Å². The third-order valence-corrected chi connectivity index (χ3v) is 4.28. The van der Waals surface area contributed by atoms with Crippen molar-refractivity contribution in [2.24, 2.45) is 11.8 Å². The Bertz CT molecular complexity index is 368. The number of unbranched alkanes of at least 4 members (excludes halogenated alkanes) is 4. The Labute approximate surface area is 162 Å². The van der Waals surface area contributed by atoms with Gasteiger partial charge in [0.1, 0.15) is 0 Å². The summed E-state index contributed by atoms with van der Waals surface area (Å²) < 4.78 is 5.26. The summed E-state index contributed by atoms with van der Waals surface area (Å²) in [7, 11) is 0. The van der Waals surface area contributed by atoms with Crippen molar-refractivity contribution in [2.45, 2.75) is 71.1 Å². The molecule has 0 spiro atoms. The van der Waals surface area contributed by atoms with Crippen molar-refractivity contribution in [3.05, 3.63) is 12.2 Å². The van der Waals surface area contributed by atoms with Crippen LogP contribution in [0.2, 0.25) is 0 Å². The molecule has 1 aliphatic carbocycles. The van der Waals surface area contributed by atoms with E-state index in [-0.39, 0.29) is 35.5 Å². The standard InChI is InChI=1S/C18H30O4.Na/c1-2-3-4-5-6-7-8-11-14-22-18(21)16-13-10-9-12-15(16)17(19)20;/h3-4,15-16H,2,5-14H2,1H3,(H,19,20);/q;+1/p-1/b4-3+;. The first kappa shape index (κ1) is 22.7. The summed E-state index contributed by atoms with van der Waals surface area (Å²) in [6, 6.07) is 0. The van der Waals surface area contributed by atoms with Gasteiger partial charge >= 0.3 is 35.5 Å². The largest absolute Gasteiger partial charge is 1.00 e. The van der Waals surface area contributed by atoms with E-state index < -0.39 is 17.8 Å². The second-order valence-corrected chi connectivity index (χ2v) is 6.07. The Morgan fingerprint density at radius 1 is 1.04 bits per heavy atom. The summed E-state index contributed by atoms with van der Waals surface area (Å²) >= 11 is 0. The summed E-state index contributed by atoms with van der Waals surface area (Å²) in [6.45, 7) is 2.53. The normalized spacial score (nSPS) is 20.9. The Kier molecular flexibility index (Phi) is 13.9. The van der Waals surface area contributed by atoms with Gasteiger partial charge < -0.3 is 14.6 Å². The van der Waals surface area contributed by atoms with Gasteiger partial charge in [-0.3, -0.25) is 4.79 Å². The van der Waals surface area contributed by atoms with Gasteiger partial charge in [-0.15, -0.1) is 0 Å². The molecule has 0 heterocycles. The molecular formula is C18H29NaO4. The molecule has 0 amide bonds. The van der Waals surface area contributed by atoms with Gasteiger partial charge in [-0.1, -0.05) is 44.8 Å². The van der Waals surface area contributed by atoms with Crippen LogP contribution in [0.15, 0.2) is 12.2 Å². The molecule has 0 aromatic heterocycles. The van der Waals surface area contributed by atoms with E-state index in [0.29, 0.717) is 19.4 Å². The Morgan fingerprint density at radius 2 is 1.70 bits per heavy atom. The summed E-state index contributed by atoms with van der Waals surface area (Å²) in [6.07, 6.45) is 13.7. The topological polar surface area (TPSA) is 66.4 Å². The Morgan fingerprint density at radius 3 is 2.35 bits per heavy atom. The molecule has 2 atom stereocenters. The van der Waals surface area contributed by atoms with Crippen LogP contribution < -0.4 is 34.7 Å². The quantitative estimate of drug-likeness (QED) is 0.245. The van der Waals surface area contributed by atoms with Crippen LogP contribution in [0.5, 0.6) is 0 Å². The molecule has 1 rings (SSSR count). The molecule has 2 unspecified atom stereocenters. The van der Waals surface area contributed by atoms with E-state index in [0.717, 1.165) is 44.9 Å². The molecule has 0 aliphatic heterocycles. The second kappa shape index (κ2) is 14.1. The molecule has 1 fully saturated rings.